The van der Waals surface area contributed by atoms with E-state index < -0.39 is 5.97 Å². The predicted octanol–water partition coefficient (Wildman–Crippen LogP) is 1.53. The number of amides is 1. The molecule has 5 heteroatoms. The molecule has 1 aromatic rings. The number of hydrogen-bond donors (Lipinski definition) is 2. The highest BCUT2D eigenvalue weighted by atomic mass is 16.5. The van der Waals surface area contributed by atoms with E-state index >= 15 is 0 Å². The van der Waals surface area contributed by atoms with Crippen LogP contribution in [-0.2, 0) is 9.53 Å². The van der Waals surface area contributed by atoms with Crippen molar-refractivity contribution in [1.82, 2.24) is 0 Å². The van der Waals surface area contributed by atoms with Crippen LogP contribution in [0.1, 0.15) is 24.2 Å². The number of esters is 1. The van der Waals surface area contributed by atoms with Crippen LogP contribution >= 0.6 is 0 Å². The summed E-state index contributed by atoms with van der Waals surface area (Å²) in [5, 5.41) is 12.0. The van der Waals surface area contributed by atoms with E-state index in [2.05, 4.69) is 5.32 Å². The number of nitrogens with one attached hydrogen (secondary N) is 1. The van der Waals surface area contributed by atoms with Crippen LogP contribution in [0.2, 0.25) is 0 Å². The largest absolute Gasteiger partial charge is 0.506 e. The molecular formula is C11H13NO4. The molecule has 1 amide bonds. The molecule has 0 radical (unpaired) electrons. The molecule has 0 aliphatic carbocycles. The van der Waals surface area contributed by atoms with Crippen molar-refractivity contribution in [2.45, 2.75) is 13.8 Å². The zero-order valence-electron chi connectivity index (χ0n) is 9.11. The van der Waals surface area contributed by atoms with E-state index in [-0.39, 0.29) is 29.5 Å². The highest BCUT2D eigenvalue weighted by Crippen LogP contribution is 2.24. The van der Waals surface area contributed by atoms with E-state index in [1.54, 1.807) is 6.92 Å². The van der Waals surface area contributed by atoms with Crippen LogP contribution in [-0.4, -0.2) is 23.6 Å². The maximum absolute atomic E-state index is 11.3. The first-order valence-corrected chi connectivity index (χ1v) is 4.82. The standard InChI is InChI=1S/C11H13NO4/c1-3-16-11(15)8-4-5-9(10(14)6-8)12-7(2)13/h4-6,14H,3H2,1-2H3,(H,12,13). The van der Waals surface area contributed by atoms with Crippen LogP contribution in [0.4, 0.5) is 5.69 Å². The summed E-state index contributed by atoms with van der Waals surface area (Å²) in [6.45, 7) is 3.30. The van der Waals surface area contributed by atoms with E-state index in [9.17, 15) is 14.7 Å². The predicted molar refractivity (Wildman–Crippen MR) is 58.4 cm³/mol. The Bertz CT molecular complexity index is 414. The van der Waals surface area contributed by atoms with Gasteiger partial charge in [0.2, 0.25) is 5.91 Å². The molecule has 0 aromatic heterocycles. The smallest absolute Gasteiger partial charge is 0.338 e. The number of carbonyl (C=O) groups excluding carboxylic acids is 2. The van der Waals surface area contributed by atoms with Gasteiger partial charge in [-0.25, -0.2) is 4.79 Å². The van der Waals surface area contributed by atoms with Crippen molar-refractivity contribution in [2.24, 2.45) is 0 Å². The molecule has 1 aromatic carbocycles. The molecule has 5 nitrogen and oxygen atoms in total. The van der Waals surface area contributed by atoms with Gasteiger partial charge in [-0.15, -0.1) is 0 Å². The number of phenolic OH excluding ortho intramolecular Hbond substituents is 1. The molecule has 0 bridgehead atoms. The van der Waals surface area contributed by atoms with Crippen molar-refractivity contribution < 1.29 is 19.4 Å². The van der Waals surface area contributed by atoms with Crippen molar-refractivity contribution in [3.63, 3.8) is 0 Å². The summed E-state index contributed by atoms with van der Waals surface area (Å²) in [5.74, 6) is -0.966. The highest BCUT2D eigenvalue weighted by Gasteiger charge is 2.10. The van der Waals surface area contributed by atoms with Gasteiger partial charge in [-0.1, -0.05) is 0 Å². The van der Waals surface area contributed by atoms with Gasteiger partial charge in [0.05, 0.1) is 17.9 Å². The monoisotopic (exact) mass is 223 g/mol. The summed E-state index contributed by atoms with van der Waals surface area (Å²) in [6, 6.07) is 4.18. The number of phenols is 1. The Morgan fingerprint density at radius 2 is 2.12 bits per heavy atom. The van der Waals surface area contributed by atoms with Gasteiger partial charge in [-0.3, -0.25) is 4.79 Å². The molecule has 0 aliphatic heterocycles. The lowest BCUT2D eigenvalue weighted by molar-refractivity contribution is -0.114. The van der Waals surface area contributed by atoms with Crippen LogP contribution in [0.3, 0.4) is 0 Å². The van der Waals surface area contributed by atoms with Gasteiger partial charge < -0.3 is 15.2 Å². The molecule has 0 saturated carbocycles. The van der Waals surface area contributed by atoms with Crippen molar-refractivity contribution in [3.8, 4) is 5.75 Å². The number of ether oxygens (including phenoxy) is 1. The summed E-state index contributed by atoms with van der Waals surface area (Å²) >= 11 is 0. The van der Waals surface area contributed by atoms with E-state index in [0.717, 1.165) is 0 Å². The molecule has 86 valence electrons. The number of benzene rings is 1. The fourth-order valence-electron chi connectivity index (χ4n) is 1.17. The van der Waals surface area contributed by atoms with Crippen LogP contribution < -0.4 is 5.32 Å². The Morgan fingerprint density at radius 3 is 2.62 bits per heavy atom. The zero-order valence-corrected chi connectivity index (χ0v) is 9.11. The molecule has 0 fully saturated rings. The summed E-state index contributed by atoms with van der Waals surface area (Å²) in [5.41, 5.74) is 0.508. The van der Waals surface area contributed by atoms with Crippen molar-refractivity contribution in [3.05, 3.63) is 23.8 Å². The first-order valence-electron chi connectivity index (χ1n) is 4.82. The second-order valence-corrected chi connectivity index (χ2v) is 3.13. The SMILES string of the molecule is CCOC(=O)c1ccc(NC(C)=O)c(O)c1. The van der Waals surface area contributed by atoms with Crippen molar-refractivity contribution in [2.75, 3.05) is 11.9 Å². The van der Waals surface area contributed by atoms with Gasteiger partial charge in [0.15, 0.2) is 0 Å². The minimum atomic E-state index is -0.507. The van der Waals surface area contributed by atoms with Gasteiger partial charge in [-0.2, -0.15) is 0 Å². The lowest BCUT2D eigenvalue weighted by Crippen LogP contribution is -2.08. The molecule has 0 saturated heterocycles. The third-order valence-corrected chi connectivity index (χ3v) is 1.82. The second kappa shape index (κ2) is 5.16. The van der Waals surface area contributed by atoms with E-state index in [4.69, 9.17) is 4.74 Å². The maximum Gasteiger partial charge on any atom is 0.338 e. The minimum absolute atomic E-state index is 0.166. The number of aromatic hydroxyl groups is 1. The Morgan fingerprint density at radius 1 is 1.44 bits per heavy atom. The molecule has 16 heavy (non-hydrogen) atoms. The average molecular weight is 223 g/mol. The summed E-state index contributed by atoms with van der Waals surface area (Å²) in [7, 11) is 0. The Kier molecular flexibility index (Phi) is 3.88. The molecule has 0 heterocycles. The lowest BCUT2D eigenvalue weighted by atomic mass is 10.2. The Labute approximate surface area is 93.0 Å². The van der Waals surface area contributed by atoms with Gasteiger partial charge in [0.25, 0.3) is 0 Å². The molecule has 0 aliphatic rings. The van der Waals surface area contributed by atoms with E-state index in [1.807, 2.05) is 0 Å². The molecule has 2 N–H and O–H groups in total. The van der Waals surface area contributed by atoms with Gasteiger partial charge in [0, 0.05) is 6.92 Å². The van der Waals surface area contributed by atoms with E-state index in [1.165, 1.54) is 25.1 Å². The minimum Gasteiger partial charge on any atom is -0.506 e. The summed E-state index contributed by atoms with van der Waals surface area (Å²) < 4.78 is 4.77. The third kappa shape index (κ3) is 2.98. The van der Waals surface area contributed by atoms with Crippen molar-refractivity contribution in [1.29, 1.82) is 0 Å². The molecule has 0 spiro atoms. The third-order valence-electron chi connectivity index (χ3n) is 1.82. The second-order valence-electron chi connectivity index (χ2n) is 3.13. The first-order chi connectivity index (χ1) is 7.54. The molecule has 0 atom stereocenters. The van der Waals surface area contributed by atoms with Gasteiger partial charge in [0.1, 0.15) is 5.75 Å². The topological polar surface area (TPSA) is 75.6 Å². The Hall–Kier alpha value is -2.04. The number of hydrogen-bond acceptors (Lipinski definition) is 4. The van der Waals surface area contributed by atoms with Crippen LogP contribution in [0.5, 0.6) is 5.75 Å². The number of carbonyl (C=O) groups is 2. The fraction of sp³-hybridized carbons (Fsp3) is 0.273. The fourth-order valence-corrected chi connectivity index (χ4v) is 1.17. The quantitative estimate of drug-likeness (QED) is 0.601. The summed E-state index contributed by atoms with van der Waals surface area (Å²) in [4.78, 5) is 22.1. The van der Waals surface area contributed by atoms with Gasteiger partial charge >= 0.3 is 5.97 Å². The Balaban J connectivity index is 2.90. The molecular weight excluding hydrogens is 210 g/mol. The zero-order chi connectivity index (χ0) is 12.1. The lowest BCUT2D eigenvalue weighted by Gasteiger charge is -2.07. The molecule has 0 unspecified atom stereocenters. The number of rotatable bonds is 3. The van der Waals surface area contributed by atoms with Crippen molar-refractivity contribution >= 4 is 17.6 Å². The summed E-state index contributed by atoms with van der Waals surface area (Å²) in [6.07, 6.45) is 0. The van der Waals surface area contributed by atoms with Crippen LogP contribution in [0, 0.1) is 0 Å². The highest BCUT2D eigenvalue weighted by molar-refractivity contribution is 5.94. The van der Waals surface area contributed by atoms with Gasteiger partial charge in [-0.05, 0) is 25.1 Å². The van der Waals surface area contributed by atoms with E-state index in [0.29, 0.717) is 0 Å². The average Bonchev–Trinajstić information content (AvgIpc) is 2.20. The number of anilines is 1. The van der Waals surface area contributed by atoms with Crippen LogP contribution in [0.15, 0.2) is 18.2 Å². The normalized spacial score (nSPS) is 9.62. The molecule has 1 rings (SSSR count). The first kappa shape index (κ1) is 12.0. The maximum atomic E-state index is 11.3. The van der Waals surface area contributed by atoms with Crippen LogP contribution in [0.25, 0.3) is 0 Å².